The van der Waals surface area contributed by atoms with Gasteiger partial charge in [-0.1, -0.05) is 50.2 Å². The highest BCUT2D eigenvalue weighted by Crippen LogP contribution is 2.54. The van der Waals surface area contributed by atoms with Gasteiger partial charge in [0.2, 0.25) is 0 Å². The normalized spacial score (nSPS) is 22.0. The number of aromatic nitrogens is 3. The van der Waals surface area contributed by atoms with Crippen molar-refractivity contribution in [2.45, 2.75) is 127 Å². The summed E-state index contributed by atoms with van der Waals surface area (Å²) < 4.78 is 63.1. The summed E-state index contributed by atoms with van der Waals surface area (Å²) in [5, 5.41) is 27.1. The minimum Gasteiger partial charge on any atom is -0.758 e. The fraction of sp³-hybridized carbons (Fsp3) is 0.483. The van der Waals surface area contributed by atoms with Crippen LogP contribution < -0.4 is 34.2 Å². The molecule has 10 rings (SSSR count). The first-order chi connectivity index (χ1) is 37.8. The highest BCUT2D eigenvalue weighted by molar-refractivity contribution is 7.90. The molecular weight excluding hydrogens is 1030 g/mol. The minimum atomic E-state index is -4.61. The van der Waals surface area contributed by atoms with Crippen molar-refractivity contribution < 1.29 is 36.9 Å². The number of piperidine rings is 1. The van der Waals surface area contributed by atoms with Crippen LogP contribution in [0.1, 0.15) is 125 Å². The van der Waals surface area contributed by atoms with Crippen molar-refractivity contribution >= 4 is 44.2 Å². The standard InChI is InChI=1S/C60H75FN9O8S/c1-8-77-58-54(29-49-50(61)34-64-55(49)65-58)78-53-27-42(15-18-48(53)57(71)66-79(74,75)45-28-51(67(6)73)56(63-33-45)62-32-40-19-21-59(5,72)22-20-40)68-25-23-60(24-26-68)30-43(31-60)70-35-39(4)69(36-41-13-16-44(76-7)17-14-41)37-52(70)47-12-10-9-11-46(47)38(2)3/h9-18,27-29,33-34,38-40,43,52,72H,8,19-26,30-32,35-37H2,1-7H3,(H,62,63)(H,64,65)(H,66,71)/q-1. The molecule has 6 aromatic rings. The summed E-state index contributed by atoms with van der Waals surface area (Å²) in [6, 6.07) is 26.1. The molecule has 0 bridgehead atoms. The minimum absolute atomic E-state index is 0.00194. The lowest BCUT2D eigenvalue weighted by Crippen LogP contribution is -2.61. The number of amides is 1. The molecule has 79 heavy (non-hydrogen) atoms. The van der Waals surface area contributed by atoms with Gasteiger partial charge in [-0.15, -0.1) is 0 Å². The van der Waals surface area contributed by atoms with Crippen LogP contribution in [0.3, 0.4) is 0 Å². The van der Waals surface area contributed by atoms with Crippen molar-refractivity contribution in [2.75, 3.05) is 68.8 Å². The topological polar surface area (TPSA) is 201 Å². The lowest BCUT2D eigenvalue weighted by molar-refractivity contribution is -0.0766. The molecule has 2 unspecified atom stereocenters. The molecule has 4 N–H and O–H groups in total. The summed E-state index contributed by atoms with van der Waals surface area (Å²) in [6.07, 6.45) is 9.30. The van der Waals surface area contributed by atoms with Gasteiger partial charge in [-0.2, -0.15) is 4.98 Å². The van der Waals surface area contributed by atoms with Crippen LogP contribution in [-0.4, -0.2) is 115 Å². The SMILES string of the molecule is CCOc1nc2[nH]cc(F)c2cc1Oc1cc(N2CCC3(CC2)CC(N2CC(C)N(Cc4ccc(OC)cc4)CC2c2ccccc2C(C)C)C3)ccc1C(=O)NS(=O)(=O)c1cnc(NCC2CCC(C)(O)CC2)c(N(C)[O-])c1. The number of H-pyrrole nitrogens is 1. The van der Waals surface area contributed by atoms with E-state index in [4.69, 9.17) is 14.2 Å². The van der Waals surface area contributed by atoms with E-state index in [-0.39, 0.29) is 69.5 Å². The van der Waals surface area contributed by atoms with Gasteiger partial charge >= 0.3 is 0 Å². The zero-order chi connectivity index (χ0) is 55.8. The number of carbonyl (C=O) groups is 1. The third kappa shape index (κ3) is 12.2. The monoisotopic (exact) mass is 1100 g/mol. The van der Waals surface area contributed by atoms with Gasteiger partial charge in [0.05, 0.1) is 36.0 Å². The number of aliphatic hydroxyl groups is 1. The Bertz CT molecular complexity index is 3240. The number of aromatic amines is 1. The maximum absolute atomic E-state index is 15.0. The quantitative estimate of drug-likeness (QED) is 0.0592. The van der Waals surface area contributed by atoms with Gasteiger partial charge in [-0.3, -0.25) is 14.6 Å². The number of hydrogen-bond acceptors (Lipinski definition) is 15. The fourth-order valence-corrected chi connectivity index (χ4v) is 13.3. The molecule has 4 fully saturated rings. The molecule has 0 radical (unpaired) electrons. The van der Waals surface area contributed by atoms with Crippen LogP contribution in [0.4, 0.5) is 21.6 Å². The van der Waals surface area contributed by atoms with Crippen LogP contribution in [0.25, 0.3) is 11.0 Å². The average molecular weight is 1100 g/mol. The molecule has 1 spiro atoms. The highest BCUT2D eigenvalue weighted by Gasteiger charge is 2.51. The maximum atomic E-state index is 15.0. The van der Waals surface area contributed by atoms with Gasteiger partial charge in [0.1, 0.15) is 33.7 Å². The molecule has 3 aromatic carbocycles. The van der Waals surface area contributed by atoms with Gasteiger partial charge in [0, 0.05) is 87.6 Å². The number of nitrogens with one attached hydrogen (secondary N) is 3. The summed E-state index contributed by atoms with van der Waals surface area (Å²) >= 11 is 0. The molecule has 2 aliphatic carbocycles. The van der Waals surface area contributed by atoms with E-state index < -0.39 is 32.2 Å². The van der Waals surface area contributed by atoms with E-state index in [0.717, 1.165) is 88.9 Å². The number of methoxy groups -OCH3 is 1. The Balaban J connectivity index is 0.868. The summed E-state index contributed by atoms with van der Waals surface area (Å²) in [6.45, 7) is 15.5. The Morgan fingerprint density at radius 3 is 2.43 bits per heavy atom. The van der Waals surface area contributed by atoms with E-state index in [2.05, 4.69) is 96.9 Å². The number of hydroxylamine groups is 1. The van der Waals surface area contributed by atoms with Crippen LogP contribution in [0, 0.1) is 22.4 Å². The number of pyridine rings is 2. The number of hydrogen-bond donors (Lipinski definition) is 4. The number of piperazine rings is 1. The number of nitrogens with zero attached hydrogens (tertiary/aromatic N) is 6. The average Bonchev–Trinajstić information content (AvgIpc) is 3.98. The Hall–Kier alpha value is -6.51. The molecule has 3 aromatic heterocycles. The highest BCUT2D eigenvalue weighted by atomic mass is 32.2. The smallest absolute Gasteiger partial charge is 0.268 e. The zero-order valence-corrected chi connectivity index (χ0v) is 47.2. The summed E-state index contributed by atoms with van der Waals surface area (Å²) in [7, 11) is -1.67. The molecule has 422 valence electrons. The van der Waals surface area contributed by atoms with E-state index in [1.165, 1.54) is 48.1 Å². The first kappa shape index (κ1) is 55.8. The first-order valence-electron chi connectivity index (χ1n) is 27.8. The van der Waals surface area contributed by atoms with Crippen molar-refractivity contribution in [3.8, 4) is 23.1 Å². The van der Waals surface area contributed by atoms with Gasteiger partial charge in [-0.05, 0) is 143 Å². The number of sulfonamides is 1. The van der Waals surface area contributed by atoms with E-state index >= 15 is 4.39 Å². The van der Waals surface area contributed by atoms with Gasteiger partial charge in [0.25, 0.3) is 21.8 Å². The first-order valence-corrected chi connectivity index (χ1v) is 29.3. The molecule has 19 heteroatoms. The van der Waals surface area contributed by atoms with E-state index in [9.17, 15) is 23.5 Å². The lowest BCUT2D eigenvalue weighted by Gasteiger charge is -2.59. The number of benzene rings is 3. The summed E-state index contributed by atoms with van der Waals surface area (Å²) in [4.78, 5) is 33.2. The fourth-order valence-electron chi connectivity index (χ4n) is 12.4. The summed E-state index contributed by atoms with van der Waals surface area (Å²) in [5.74, 6) is 0.193. The molecule has 5 heterocycles. The Morgan fingerprint density at radius 1 is 1.00 bits per heavy atom. The van der Waals surface area contributed by atoms with Crippen molar-refractivity contribution in [3.63, 3.8) is 0 Å². The number of fused-ring (bicyclic) bond motifs is 1. The molecule has 4 aliphatic rings. The Labute approximate surface area is 463 Å². The summed E-state index contributed by atoms with van der Waals surface area (Å²) in [5.41, 5.74) is 4.42. The molecule has 17 nitrogen and oxygen atoms in total. The van der Waals surface area contributed by atoms with Gasteiger partial charge in [-0.25, -0.2) is 22.5 Å². The second-order valence-electron chi connectivity index (χ2n) is 23.0. The van der Waals surface area contributed by atoms with Crippen LogP contribution in [-0.2, 0) is 16.6 Å². The molecule has 1 amide bonds. The number of anilines is 3. The van der Waals surface area contributed by atoms with Crippen molar-refractivity contribution in [1.29, 1.82) is 0 Å². The van der Waals surface area contributed by atoms with Crippen LogP contribution in [0.5, 0.6) is 23.1 Å². The molecular formula is C60H75FN9O8S-. The molecule has 2 saturated heterocycles. The van der Waals surface area contributed by atoms with Crippen LogP contribution in [0.15, 0.2) is 96.2 Å². The predicted molar refractivity (Wildman–Crippen MR) is 305 cm³/mol. The second-order valence-corrected chi connectivity index (χ2v) is 24.7. The number of carbonyl (C=O) groups excluding carboxylic acids is 1. The van der Waals surface area contributed by atoms with Crippen molar-refractivity contribution in [3.05, 3.63) is 125 Å². The Morgan fingerprint density at radius 2 is 1.73 bits per heavy atom. The van der Waals surface area contributed by atoms with Crippen molar-refractivity contribution in [2.24, 2.45) is 11.3 Å². The Kier molecular flexibility index (Phi) is 16.2. The molecule has 2 atom stereocenters. The maximum Gasteiger partial charge on any atom is 0.268 e. The molecule has 2 aliphatic heterocycles. The van der Waals surface area contributed by atoms with Gasteiger partial charge < -0.3 is 44.8 Å². The largest absolute Gasteiger partial charge is 0.758 e. The number of ether oxygens (including phenoxy) is 3. The zero-order valence-electron chi connectivity index (χ0n) is 46.4. The van der Waals surface area contributed by atoms with Crippen LogP contribution in [0.2, 0.25) is 0 Å². The van der Waals surface area contributed by atoms with Crippen molar-refractivity contribution in [1.82, 2.24) is 29.5 Å². The second kappa shape index (κ2) is 22.9. The van der Waals surface area contributed by atoms with E-state index in [1.54, 1.807) is 26.2 Å². The van der Waals surface area contributed by atoms with E-state index in [0.29, 0.717) is 42.5 Å². The third-order valence-electron chi connectivity index (χ3n) is 17.1. The lowest BCUT2D eigenvalue weighted by atomic mass is 9.59. The third-order valence-corrected chi connectivity index (χ3v) is 18.4. The number of halogens is 1. The van der Waals surface area contributed by atoms with Gasteiger partial charge in [0.15, 0.2) is 5.75 Å². The predicted octanol–water partition coefficient (Wildman–Crippen LogP) is 10.5. The molecule has 2 saturated carbocycles. The number of rotatable bonds is 18. The van der Waals surface area contributed by atoms with Crippen LogP contribution >= 0.6 is 0 Å². The van der Waals surface area contributed by atoms with E-state index in [1.807, 2.05) is 19.1 Å².